The topological polar surface area (TPSA) is 47.9 Å². The minimum absolute atomic E-state index is 0.0532. The summed E-state index contributed by atoms with van der Waals surface area (Å²) < 4.78 is 44.4. The lowest BCUT2D eigenvalue weighted by Gasteiger charge is -2.51. The number of hydrogen-bond acceptors (Lipinski definition) is 4. The Morgan fingerprint density at radius 3 is 2.27 bits per heavy atom. The van der Waals surface area contributed by atoms with Crippen molar-refractivity contribution < 1.29 is 28.1 Å². The van der Waals surface area contributed by atoms with Crippen molar-refractivity contribution in [1.82, 2.24) is 0 Å². The molecule has 4 nitrogen and oxygen atoms in total. The van der Waals surface area contributed by atoms with E-state index in [1.807, 2.05) is 30.3 Å². The molecule has 0 aliphatic heterocycles. The molecule has 6 heteroatoms. The lowest BCUT2D eigenvalue weighted by atomic mass is 9.77. The Bertz CT molecular complexity index is 476. The van der Waals surface area contributed by atoms with Crippen molar-refractivity contribution in [3.8, 4) is 0 Å². The highest BCUT2D eigenvalue weighted by Gasteiger charge is 2.62. The second-order valence-electron chi connectivity index (χ2n) is 5.62. The van der Waals surface area contributed by atoms with Gasteiger partial charge in [-0.3, -0.25) is 0 Å². The van der Waals surface area contributed by atoms with Gasteiger partial charge in [-0.15, -0.1) is 0 Å². The summed E-state index contributed by atoms with van der Waals surface area (Å²) >= 11 is 0. The molecular formula is C16H22F2O4. The van der Waals surface area contributed by atoms with Crippen LogP contribution in [0.5, 0.6) is 0 Å². The normalized spacial score (nSPS) is 26.8. The fraction of sp³-hybridized carbons (Fsp3) is 0.625. The van der Waals surface area contributed by atoms with Crippen LogP contribution < -0.4 is 0 Å². The average molecular weight is 316 g/mol. The second kappa shape index (κ2) is 6.58. The lowest BCUT2D eigenvalue weighted by Crippen LogP contribution is -2.65. The molecule has 1 aliphatic carbocycles. The van der Waals surface area contributed by atoms with E-state index in [1.165, 1.54) is 14.2 Å². The number of ether oxygens (including phenoxy) is 3. The predicted molar refractivity (Wildman–Crippen MR) is 76.6 cm³/mol. The molecule has 1 aliphatic rings. The van der Waals surface area contributed by atoms with E-state index >= 15 is 0 Å². The van der Waals surface area contributed by atoms with E-state index in [2.05, 4.69) is 0 Å². The third-order valence-corrected chi connectivity index (χ3v) is 4.33. The molecule has 1 fully saturated rings. The van der Waals surface area contributed by atoms with Gasteiger partial charge in [-0.05, 0) is 5.56 Å². The second-order valence-corrected chi connectivity index (χ2v) is 5.62. The molecule has 1 aromatic rings. The van der Waals surface area contributed by atoms with Crippen LogP contribution in [-0.2, 0) is 20.8 Å². The zero-order valence-corrected chi connectivity index (χ0v) is 12.9. The van der Waals surface area contributed by atoms with Gasteiger partial charge in [0.2, 0.25) is 0 Å². The smallest absolute Gasteiger partial charge is 0.251 e. The molecule has 0 amide bonds. The van der Waals surface area contributed by atoms with Crippen molar-refractivity contribution >= 4 is 0 Å². The number of benzene rings is 1. The summed E-state index contributed by atoms with van der Waals surface area (Å²) in [5, 5.41) is 9.83. The number of methoxy groups -OCH3 is 2. The number of aliphatic hydroxyl groups excluding tert-OH is 1. The first-order valence-electron chi connectivity index (χ1n) is 7.19. The maximum Gasteiger partial charge on any atom is 0.251 e. The van der Waals surface area contributed by atoms with Gasteiger partial charge in [-0.1, -0.05) is 30.3 Å². The molecule has 0 radical (unpaired) electrons. The number of alkyl halides is 2. The summed E-state index contributed by atoms with van der Waals surface area (Å²) in [7, 11) is 2.76. The molecule has 1 unspecified atom stereocenters. The first-order valence-corrected chi connectivity index (χ1v) is 7.19. The van der Waals surface area contributed by atoms with Crippen LogP contribution in [0.1, 0.15) is 24.8 Å². The first kappa shape index (κ1) is 17.3. The minimum atomic E-state index is -2.93. The van der Waals surface area contributed by atoms with Gasteiger partial charge in [-0.25, -0.2) is 8.78 Å². The number of aliphatic hydroxyl groups is 1. The molecule has 0 bridgehead atoms. The molecule has 1 N–H and O–H groups in total. The number of halogens is 2. The Morgan fingerprint density at radius 1 is 1.09 bits per heavy atom. The maximum atomic E-state index is 13.9. The third kappa shape index (κ3) is 3.15. The SMILES string of the molecule is COC1(OC)CCC(F)(F)CC1(CO)OCc1ccccc1. The third-order valence-electron chi connectivity index (χ3n) is 4.33. The lowest BCUT2D eigenvalue weighted by molar-refractivity contribution is -0.359. The van der Waals surface area contributed by atoms with E-state index in [1.54, 1.807) is 0 Å². The Morgan fingerprint density at radius 2 is 1.73 bits per heavy atom. The first-order chi connectivity index (χ1) is 10.4. The van der Waals surface area contributed by atoms with Crippen molar-refractivity contribution in [2.45, 2.75) is 43.2 Å². The van der Waals surface area contributed by atoms with Crippen molar-refractivity contribution in [3.05, 3.63) is 35.9 Å². The highest BCUT2D eigenvalue weighted by molar-refractivity contribution is 5.14. The van der Waals surface area contributed by atoms with Gasteiger partial charge in [0.05, 0.1) is 13.2 Å². The summed E-state index contributed by atoms with van der Waals surface area (Å²) in [6, 6.07) is 9.18. The van der Waals surface area contributed by atoms with Crippen molar-refractivity contribution in [2.75, 3.05) is 20.8 Å². The van der Waals surface area contributed by atoms with Crippen LogP contribution in [0, 0.1) is 0 Å². The summed E-state index contributed by atoms with van der Waals surface area (Å²) in [6.07, 6.45) is -1.07. The maximum absolute atomic E-state index is 13.9. The summed E-state index contributed by atoms with van der Waals surface area (Å²) in [5.74, 6) is -4.32. The largest absolute Gasteiger partial charge is 0.393 e. The molecule has 1 atom stereocenters. The van der Waals surface area contributed by atoms with Crippen LogP contribution in [0.25, 0.3) is 0 Å². The molecule has 2 rings (SSSR count). The van der Waals surface area contributed by atoms with Crippen LogP contribution in [0.4, 0.5) is 8.78 Å². The standard InChI is InChI=1S/C16H22F2O4/c1-20-16(21-2)9-8-15(17,18)11-14(16,12-19)22-10-13-6-4-3-5-7-13/h3-7,19H,8-12H2,1-2H3. The minimum Gasteiger partial charge on any atom is -0.393 e. The summed E-state index contributed by atoms with van der Waals surface area (Å²) in [6.45, 7) is -0.525. The molecule has 0 aromatic heterocycles. The van der Waals surface area contributed by atoms with Crippen LogP contribution in [0.15, 0.2) is 30.3 Å². The molecule has 1 saturated carbocycles. The Balaban J connectivity index is 2.28. The Labute approximate surface area is 129 Å². The summed E-state index contributed by atoms with van der Waals surface area (Å²) in [5.41, 5.74) is -0.793. The van der Waals surface area contributed by atoms with Gasteiger partial charge >= 0.3 is 0 Å². The van der Waals surface area contributed by atoms with E-state index in [-0.39, 0.29) is 19.4 Å². The predicted octanol–water partition coefficient (Wildman–Crippen LogP) is 2.74. The van der Waals surface area contributed by atoms with Crippen LogP contribution in [0.2, 0.25) is 0 Å². The van der Waals surface area contributed by atoms with Gasteiger partial charge in [0.1, 0.15) is 0 Å². The van der Waals surface area contributed by atoms with Crippen molar-refractivity contribution in [1.29, 1.82) is 0 Å². The van der Waals surface area contributed by atoms with E-state index in [4.69, 9.17) is 14.2 Å². The van der Waals surface area contributed by atoms with Gasteiger partial charge < -0.3 is 19.3 Å². The van der Waals surface area contributed by atoms with Crippen LogP contribution >= 0.6 is 0 Å². The van der Waals surface area contributed by atoms with E-state index in [0.717, 1.165) is 5.56 Å². The number of rotatable bonds is 6. The highest BCUT2D eigenvalue weighted by atomic mass is 19.3. The average Bonchev–Trinajstić information content (AvgIpc) is 2.54. The molecule has 124 valence electrons. The van der Waals surface area contributed by atoms with E-state index in [9.17, 15) is 13.9 Å². The van der Waals surface area contributed by atoms with Crippen LogP contribution in [-0.4, -0.2) is 43.2 Å². The van der Waals surface area contributed by atoms with Gasteiger partial charge in [0.25, 0.3) is 5.92 Å². The van der Waals surface area contributed by atoms with Gasteiger partial charge in [-0.2, -0.15) is 0 Å². The molecular weight excluding hydrogens is 294 g/mol. The van der Waals surface area contributed by atoms with Gasteiger partial charge in [0, 0.05) is 33.5 Å². The zero-order valence-electron chi connectivity index (χ0n) is 12.9. The van der Waals surface area contributed by atoms with Crippen molar-refractivity contribution in [2.24, 2.45) is 0 Å². The fourth-order valence-electron chi connectivity index (χ4n) is 3.05. The molecule has 0 saturated heterocycles. The zero-order chi connectivity index (χ0) is 16.3. The van der Waals surface area contributed by atoms with E-state index in [0.29, 0.717) is 0 Å². The Hall–Kier alpha value is -1.08. The summed E-state index contributed by atoms with van der Waals surface area (Å²) in [4.78, 5) is 0. The van der Waals surface area contributed by atoms with Crippen LogP contribution in [0.3, 0.4) is 0 Å². The molecule has 22 heavy (non-hydrogen) atoms. The van der Waals surface area contributed by atoms with Crippen molar-refractivity contribution in [3.63, 3.8) is 0 Å². The number of hydrogen-bond donors (Lipinski definition) is 1. The molecule has 0 heterocycles. The Kier molecular flexibility index (Phi) is 5.17. The van der Waals surface area contributed by atoms with Gasteiger partial charge in [0.15, 0.2) is 11.4 Å². The van der Waals surface area contributed by atoms with E-state index < -0.39 is 30.3 Å². The molecule has 0 spiro atoms. The quantitative estimate of drug-likeness (QED) is 0.820. The highest BCUT2D eigenvalue weighted by Crippen LogP contribution is 2.49. The fourth-order valence-corrected chi connectivity index (χ4v) is 3.05. The molecule has 1 aromatic carbocycles. The monoisotopic (exact) mass is 316 g/mol.